The van der Waals surface area contributed by atoms with Crippen molar-refractivity contribution < 1.29 is 8.42 Å². The Balaban J connectivity index is 2.29. The van der Waals surface area contributed by atoms with Crippen LogP contribution in [0.1, 0.15) is 16.7 Å². The van der Waals surface area contributed by atoms with Crippen LogP contribution in [0.4, 0.5) is 5.69 Å². The van der Waals surface area contributed by atoms with Crippen LogP contribution in [0.3, 0.4) is 0 Å². The quantitative estimate of drug-likeness (QED) is 0.814. The first-order chi connectivity index (χ1) is 9.81. The maximum atomic E-state index is 12.5. The molecule has 0 fully saturated rings. The van der Waals surface area contributed by atoms with Crippen LogP contribution in [0.15, 0.2) is 45.8 Å². The number of aryl methyl sites for hydroxylation is 1. The smallest absolute Gasteiger partial charge is 0.241 e. The van der Waals surface area contributed by atoms with Gasteiger partial charge in [-0.1, -0.05) is 34.1 Å². The van der Waals surface area contributed by atoms with Crippen molar-refractivity contribution in [2.45, 2.75) is 25.3 Å². The van der Waals surface area contributed by atoms with E-state index in [1.54, 1.807) is 26.0 Å². The summed E-state index contributed by atoms with van der Waals surface area (Å²) in [5.41, 5.74) is 8.44. The topological polar surface area (TPSA) is 72.2 Å². The molecule has 2 aromatic carbocycles. The molecule has 6 heteroatoms. The Labute approximate surface area is 133 Å². The van der Waals surface area contributed by atoms with E-state index in [1.165, 1.54) is 0 Å². The zero-order chi connectivity index (χ0) is 15.6. The van der Waals surface area contributed by atoms with Crippen molar-refractivity contribution in [2.24, 2.45) is 0 Å². The van der Waals surface area contributed by atoms with Gasteiger partial charge in [0.25, 0.3) is 0 Å². The Bertz CT molecular complexity index is 773. The Morgan fingerprint density at radius 1 is 1.19 bits per heavy atom. The number of anilines is 1. The number of sulfonamides is 1. The number of nitrogens with one attached hydrogen (secondary N) is 1. The van der Waals surface area contributed by atoms with Crippen LogP contribution in [0.25, 0.3) is 0 Å². The average molecular weight is 369 g/mol. The van der Waals surface area contributed by atoms with Crippen LogP contribution in [0, 0.1) is 13.8 Å². The molecule has 0 aromatic heterocycles. The minimum absolute atomic E-state index is 0.232. The van der Waals surface area contributed by atoms with Crippen molar-refractivity contribution in [3.63, 3.8) is 0 Å². The first-order valence-corrected chi connectivity index (χ1v) is 8.68. The molecule has 0 saturated carbocycles. The lowest BCUT2D eigenvalue weighted by atomic mass is 10.1. The molecule has 0 bridgehead atoms. The zero-order valence-corrected chi connectivity index (χ0v) is 14.3. The summed E-state index contributed by atoms with van der Waals surface area (Å²) < 4.78 is 28.5. The number of hydrogen-bond donors (Lipinski definition) is 2. The zero-order valence-electron chi connectivity index (χ0n) is 11.9. The molecule has 112 valence electrons. The summed E-state index contributed by atoms with van der Waals surface area (Å²) in [4.78, 5) is 0.262. The second kappa shape index (κ2) is 6.17. The van der Waals surface area contributed by atoms with Gasteiger partial charge >= 0.3 is 0 Å². The van der Waals surface area contributed by atoms with Gasteiger partial charge in [-0.2, -0.15) is 0 Å². The molecular weight excluding hydrogens is 352 g/mol. The highest BCUT2D eigenvalue weighted by atomic mass is 79.9. The van der Waals surface area contributed by atoms with Crippen molar-refractivity contribution >= 4 is 31.6 Å². The van der Waals surface area contributed by atoms with Crippen molar-refractivity contribution in [2.75, 3.05) is 5.73 Å². The highest BCUT2D eigenvalue weighted by molar-refractivity contribution is 9.10. The normalized spacial score (nSPS) is 11.6. The number of nitrogens with two attached hydrogens (primary N) is 1. The minimum atomic E-state index is -3.60. The first-order valence-electron chi connectivity index (χ1n) is 6.41. The van der Waals surface area contributed by atoms with E-state index in [4.69, 9.17) is 5.73 Å². The molecule has 0 aliphatic rings. The lowest BCUT2D eigenvalue weighted by molar-refractivity contribution is 0.580. The van der Waals surface area contributed by atoms with E-state index >= 15 is 0 Å². The summed E-state index contributed by atoms with van der Waals surface area (Å²) in [5, 5.41) is 0. The highest BCUT2D eigenvalue weighted by Gasteiger charge is 2.20. The molecule has 0 saturated heterocycles. The second-order valence-corrected chi connectivity index (χ2v) is 7.50. The molecule has 2 aromatic rings. The second-order valence-electron chi connectivity index (χ2n) is 4.88. The van der Waals surface area contributed by atoms with Gasteiger partial charge in [-0.15, -0.1) is 0 Å². The van der Waals surface area contributed by atoms with Crippen molar-refractivity contribution in [3.8, 4) is 0 Å². The third-order valence-electron chi connectivity index (χ3n) is 3.27. The van der Waals surface area contributed by atoms with E-state index in [1.807, 2.05) is 24.3 Å². The van der Waals surface area contributed by atoms with E-state index < -0.39 is 10.0 Å². The van der Waals surface area contributed by atoms with Crippen LogP contribution in [-0.4, -0.2) is 8.42 Å². The van der Waals surface area contributed by atoms with Gasteiger partial charge in [0, 0.05) is 16.7 Å². The molecule has 4 nitrogen and oxygen atoms in total. The van der Waals surface area contributed by atoms with Crippen LogP contribution in [0.5, 0.6) is 0 Å². The van der Waals surface area contributed by atoms with Gasteiger partial charge in [0.2, 0.25) is 10.0 Å². The molecule has 3 N–H and O–H groups in total. The summed E-state index contributed by atoms with van der Waals surface area (Å²) in [6, 6.07) is 10.9. The van der Waals surface area contributed by atoms with Gasteiger partial charge < -0.3 is 5.73 Å². The monoisotopic (exact) mass is 368 g/mol. The van der Waals surface area contributed by atoms with Crippen molar-refractivity contribution in [1.29, 1.82) is 0 Å². The largest absolute Gasteiger partial charge is 0.398 e. The lowest BCUT2D eigenvalue weighted by Gasteiger charge is -2.13. The molecule has 21 heavy (non-hydrogen) atoms. The summed E-state index contributed by atoms with van der Waals surface area (Å²) in [7, 11) is -3.60. The fourth-order valence-electron chi connectivity index (χ4n) is 2.15. The fraction of sp³-hybridized carbons (Fsp3) is 0.200. The van der Waals surface area contributed by atoms with Crippen LogP contribution in [-0.2, 0) is 16.6 Å². The molecule has 0 heterocycles. The lowest BCUT2D eigenvalue weighted by Crippen LogP contribution is -2.25. The Morgan fingerprint density at radius 3 is 2.57 bits per heavy atom. The Morgan fingerprint density at radius 2 is 1.90 bits per heavy atom. The molecule has 0 atom stereocenters. The first kappa shape index (κ1) is 16.0. The van der Waals surface area contributed by atoms with Gasteiger partial charge in [0.15, 0.2) is 0 Å². The standard InChI is InChI=1S/C15H17BrN2O2S/c1-10-6-7-14(17)11(2)15(10)21(19,20)18-9-12-4-3-5-13(16)8-12/h3-8,18H,9,17H2,1-2H3. The fourth-order valence-corrected chi connectivity index (χ4v) is 4.11. The van der Waals surface area contributed by atoms with E-state index in [0.717, 1.165) is 10.0 Å². The maximum Gasteiger partial charge on any atom is 0.241 e. The number of nitrogen functional groups attached to an aromatic ring is 1. The SMILES string of the molecule is Cc1ccc(N)c(C)c1S(=O)(=O)NCc1cccc(Br)c1. The van der Waals surface area contributed by atoms with Crippen LogP contribution in [0.2, 0.25) is 0 Å². The summed E-state index contributed by atoms with van der Waals surface area (Å²) in [6.07, 6.45) is 0. The van der Waals surface area contributed by atoms with Crippen molar-refractivity contribution in [1.82, 2.24) is 4.72 Å². The molecule has 0 unspecified atom stereocenters. The molecule has 0 aliphatic heterocycles. The van der Waals surface area contributed by atoms with Crippen molar-refractivity contribution in [3.05, 3.63) is 57.6 Å². The number of benzene rings is 2. The summed E-state index contributed by atoms with van der Waals surface area (Å²) >= 11 is 3.37. The highest BCUT2D eigenvalue weighted by Crippen LogP contribution is 2.24. The summed E-state index contributed by atoms with van der Waals surface area (Å²) in [6.45, 7) is 3.71. The van der Waals surface area contributed by atoms with Gasteiger partial charge in [0.1, 0.15) is 0 Å². The molecule has 0 radical (unpaired) electrons. The maximum absolute atomic E-state index is 12.5. The molecule has 0 amide bonds. The predicted molar refractivity (Wildman–Crippen MR) is 88.5 cm³/mol. The Hall–Kier alpha value is -1.37. The summed E-state index contributed by atoms with van der Waals surface area (Å²) in [5.74, 6) is 0. The van der Waals surface area contributed by atoms with Crippen LogP contribution < -0.4 is 10.5 Å². The molecule has 0 aliphatic carbocycles. The minimum Gasteiger partial charge on any atom is -0.398 e. The van der Waals surface area contributed by atoms with Crippen LogP contribution >= 0.6 is 15.9 Å². The molecular formula is C15H17BrN2O2S. The molecule has 2 rings (SSSR count). The van der Waals surface area contributed by atoms with E-state index in [2.05, 4.69) is 20.7 Å². The van der Waals surface area contributed by atoms with Gasteiger partial charge in [-0.05, 0) is 48.7 Å². The number of hydrogen-bond acceptors (Lipinski definition) is 3. The van der Waals surface area contributed by atoms with Gasteiger partial charge in [-0.25, -0.2) is 13.1 Å². The number of halogens is 1. The van der Waals surface area contributed by atoms with Gasteiger partial charge in [-0.3, -0.25) is 0 Å². The van der Waals surface area contributed by atoms with Gasteiger partial charge in [0.05, 0.1) is 4.90 Å². The third-order valence-corrected chi connectivity index (χ3v) is 5.45. The third kappa shape index (κ3) is 3.64. The predicted octanol–water partition coefficient (Wildman–Crippen LogP) is 3.13. The van der Waals surface area contributed by atoms with E-state index in [-0.39, 0.29) is 11.4 Å². The van der Waals surface area contributed by atoms with E-state index in [9.17, 15) is 8.42 Å². The number of rotatable bonds is 4. The average Bonchev–Trinajstić information content (AvgIpc) is 2.41. The molecule has 0 spiro atoms. The Kier molecular flexibility index (Phi) is 4.70. The van der Waals surface area contributed by atoms with E-state index in [0.29, 0.717) is 16.8 Å².